The fourth-order valence-corrected chi connectivity index (χ4v) is 3.20. The number of carbonyl (C=O) groups is 1. The molecule has 0 saturated heterocycles. The molecule has 0 saturated carbocycles. The minimum absolute atomic E-state index is 0.0537. The highest BCUT2D eigenvalue weighted by molar-refractivity contribution is 7.99. The second-order valence-corrected chi connectivity index (χ2v) is 7.07. The predicted octanol–water partition coefficient (Wildman–Crippen LogP) is 3.41. The van der Waals surface area contributed by atoms with E-state index in [-0.39, 0.29) is 11.7 Å². The van der Waals surface area contributed by atoms with Gasteiger partial charge in [0.1, 0.15) is 12.4 Å². The lowest BCUT2D eigenvalue weighted by Gasteiger charge is -2.10. The van der Waals surface area contributed by atoms with Gasteiger partial charge in [-0.25, -0.2) is 4.98 Å². The van der Waals surface area contributed by atoms with E-state index in [1.807, 2.05) is 62.4 Å². The van der Waals surface area contributed by atoms with Gasteiger partial charge >= 0.3 is 0 Å². The molecule has 0 bridgehead atoms. The molecule has 2 N–H and O–H groups in total. The summed E-state index contributed by atoms with van der Waals surface area (Å²) in [6.45, 7) is 4.85. The number of aryl methyl sites for hydroxylation is 2. The normalized spacial score (nSPS) is 10.6. The van der Waals surface area contributed by atoms with Crippen LogP contribution in [0.2, 0.25) is 0 Å². The maximum absolute atomic E-state index is 12.0. The SMILES string of the molecule is Cc1cccc(C)c1OCc1nc(SCC(=O)NCc2ccccc2)n[nH]1. The fourth-order valence-electron chi connectivity index (χ4n) is 2.55. The first kappa shape index (κ1) is 19.0. The van der Waals surface area contributed by atoms with Gasteiger partial charge in [-0.2, -0.15) is 0 Å². The van der Waals surface area contributed by atoms with Crippen LogP contribution in [0.15, 0.2) is 53.7 Å². The van der Waals surface area contributed by atoms with Crippen LogP contribution in [0.25, 0.3) is 0 Å². The number of ether oxygens (including phenoxy) is 1. The molecule has 6 nitrogen and oxygen atoms in total. The summed E-state index contributed by atoms with van der Waals surface area (Å²) in [6.07, 6.45) is 0. The van der Waals surface area contributed by atoms with Crippen molar-refractivity contribution in [1.82, 2.24) is 20.5 Å². The Morgan fingerprint density at radius 3 is 2.59 bits per heavy atom. The monoisotopic (exact) mass is 382 g/mol. The molecular weight excluding hydrogens is 360 g/mol. The van der Waals surface area contributed by atoms with Gasteiger partial charge in [-0.3, -0.25) is 9.89 Å². The lowest BCUT2D eigenvalue weighted by Crippen LogP contribution is -2.24. The van der Waals surface area contributed by atoms with E-state index in [1.165, 1.54) is 11.8 Å². The zero-order chi connectivity index (χ0) is 19.1. The molecule has 27 heavy (non-hydrogen) atoms. The minimum atomic E-state index is -0.0537. The number of thioether (sulfide) groups is 1. The molecular formula is C20H22N4O2S. The average Bonchev–Trinajstić information content (AvgIpc) is 3.13. The molecule has 1 heterocycles. The first-order valence-electron chi connectivity index (χ1n) is 8.65. The average molecular weight is 382 g/mol. The largest absolute Gasteiger partial charge is 0.485 e. The van der Waals surface area contributed by atoms with Crippen LogP contribution in [-0.2, 0) is 17.9 Å². The highest BCUT2D eigenvalue weighted by Crippen LogP contribution is 2.23. The van der Waals surface area contributed by atoms with Crippen molar-refractivity contribution >= 4 is 17.7 Å². The molecule has 0 aliphatic rings. The quantitative estimate of drug-likeness (QED) is 0.584. The van der Waals surface area contributed by atoms with Gasteiger partial charge in [0.05, 0.1) is 5.75 Å². The van der Waals surface area contributed by atoms with Crippen molar-refractivity contribution in [2.75, 3.05) is 5.75 Å². The van der Waals surface area contributed by atoms with Crippen molar-refractivity contribution in [3.63, 3.8) is 0 Å². The Labute approximate surface area is 162 Å². The van der Waals surface area contributed by atoms with E-state index in [9.17, 15) is 4.79 Å². The van der Waals surface area contributed by atoms with Gasteiger partial charge in [0, 0.05) is 6.54 Å². The molecule has 0 atom stereocenters. The molecule has 140 valence electrons. The lowest BCUT2D eigenvalue weighted by atomic mass is 10.1. The van der Waals surface area contributed by atoms with Crippen LogP contribution < -0.4 is 10.1 Å². The summed E-state index contributed by atoms with van der Waals surface area (Å²) < 4.78 is 5.86. The fraction of sp³-hybridized carbons (Fsp3) is 0.250. The molecule has 0 radical (unpaired) electrons. The van der Waals surface area contributed by atoms with Crippen LogP contribution >= 0.6 is 11.8 Å². The van der Waals surface area contributed by atoms with E-state index in [1.54, 1.807) is 0 Å². The summed E-state index contributed by atoms with van der Waals surface area (Å²) in [7, 11) is 0. The molecule has 0 spiro atoms. The van der Waals surface area contributed by atoms with Crippen LogP contribution in [0.5, 0.6) is 5.75 Å². The zero-order valence-corrected chi connectivity index (χ0v) is 16.2. The van der Waals surface area contributed by atoms with Crippen molar-refractivity contribution < 1.29 is 9.53 Å². The highest BCUT2D eigenvalue weighted by atomic mass is 32.2. The summed E-state index contributed by atoms with van der Waals surface area (Å²) in [5.41, 5.74) is 3.23. The molecule has 0 aliphatic heterocycles. The Bertz CT molecular complexity index is 876. The van der Waals surface area contributed by atoms with Crippen molar-refractivity contribution in [1.29, 1.82) is 0 Å². The third-order valence-corrected chi connectivity index (χ3v) is 4.79. The van der Waals surface area contributed by atoms with Gasteiger partial charge in [0.2, 0.25) is 11.1 Å². The summed E-state index contributed by atoms with van der Waals surface area (Å²) in [5.74, 6) is 1.71. The standard InChI is InChI=1S/C20H22N4O2S/c1-14-7-6-8-15(2)19(14)26-12-17-22-20(24-23-17)27-13-18(25)21-11-16-9-4-3-5-10-16/h3-10H,11-13H2,1-2H3,(H,21,25)(H,22,23,24). The van der Waals surface area contributed by atoms with Gasteiger partial charge in [0.15, 0.2) is 5.82 Å². The molecule has 0 fully saturated rings. The smallest absolute Gasteiger partial charge is 0.230 e. The number of amides is 1. The number of aromatic amines is 1. The molecule has 3 aromatic rings. The summed E-state index contributed by atoms with van der Waals surface area (Å²) in [4.78, 5) is 16.3. The van der Waals surface area contributed by atoms with Crippen LogP contribution in [0.4, 0.5) is 0 Å². The molecule has 7 heteroatoms. The molecule has 1 amide bonds. The van der Waals surface area contributed by atoms with Crippen LogP contribution in [0, 0.1) is 13.8 Å². The molecule has 3 rings (SSSR count). The van der Waals surface area contributed by atoms with E-state index in [0.717, 1.165) is 22.4 Å². The predicted molar refractivity (Wildman–Crippen MR) is 106 cm³/mol. The van der Waals surface area contributed by atoms with Crippen LogP contribution in [0.1, 0.15) is 22.5 Å². The van der Waals surface area contributed by atoms with E-state index >= 15 is 0 Å². The van der Waals surface area contributed by atoms with Crippen LogP contribution in [-0.4, -0.2) is 26.8 Å². The Morgan fingerprint density at radius 2 is 1.85 bits per heavy atom. The van der Waals surface area contributed by atoms with Gasteiger partial charge in [-0.1, -0.05) is 60.3 Å². The van der Waals surface area contributed by atoms with Crippen LogP contribution in [0.3, 0.4) is 0 Å². The number of rotatable bonds is 8. The van der Waals surface area contributed by atoms with Crippen molar-refractivity contribution in [3.8, 4) is 5.75 Å². The Balaban J connectivity index is 1.44. The number of carbonyl (C=O) groups excluding carboxylic acids is 1. The Morgan fingerprint density at radius 1 is 1.11 bits per heavy atom. The third kappa shape index (κ3) is 5.59. The highest BCUT2D eigenvalue weighted by Gasteiger charge is 2.09. The molecule has 2 aromatic carbocycles. The molecule has 1 aromatic heterocycles. The maximum Gasteiger partial charge on any atom is 0.230 e. The second kappa shape index (κ2) is 9.23. The first-order chi connectivity index (χ1) is 13.1. The Kier molecular flexibility index (Phi) is 6.49. The van der Waals surface area contributed by atoms with E-state index in [0.29, 0.717) is 24.1 Å². The number of hydrogen-bond donors (Lipinski definition) is 2. The topological polar surface area (TPSA) is 79.9 Å². The van der Waals surface area contributed by atoms with E-state index in [2.05, 4.69) is 20.5 Å². The van der Waals surface area contributed by atoms with Gasteiger partial charge in [-0.05, 0) is 30.5 Å². The Hall–Kier alpha value is -2.80. The number of benzene rings is 2. The van der Waals surface area contributed by atoms with Gasteiger partial charge < -0.3 is 10.1 Å². The summed E-state index contributed by atoms with van der Waals surface area (Å²) in [6, 6.07) is 15.8. The number of hydrogen-bond acceptors (Lipinski definition) is 5. The van der Waals surface area contributed by atoms with Gasteiger partial charge in [0.25, 0.3) is 0 Å². The van der Waals surface area contributed by atoms with Crippen molar-refractivity contribution in [2.45, 2.75) is 32.2 Å². The lowest BCUT2D eigenvalue weighted by molar-refractivity contribution is -0.118. The number of nitrogens with zero attached hydrogens (tertiary/aromatic N) is 2. The first-order valence-corrected chi connectivity index (χ1v) is 9.64. The summed E-state index contributed by atoms with van der Waals surface area (Å²) in [5, 5.41) is 10.4. The van der Waals surface area contributed by atoms with Gasteiger partial charge in [-0.15, -0.1) is 5.10 Å². The maximum atomic E-state index is 12.0. The third-order valence-electron chi connectivity index (χ3n) is 3.94. The number of aromatic nitrogens is 3. The molecule has 0 aliphatic carbocycles. The van der Waals surface area contributed by atoms with Crippen molar-refractivity contribution in [3.05, 3.63) is 71.0 Å². The number of para-hydroxylation sites is 1. The zero-order valence-electron chi connectivity index (χ0n) is 15.4. The van der Waals surface area contributed by atoms with Crippen molar-refractivity contribution in [2.24, 2.45) is 0 Å². The van der Waals surface area contributed by atoms with E-state index < -0.39 is 0 Å². The molecule has 0 unspecified atom stereocenters. The second-order valence-electron chi connectivity index (χ2n) is 6.13. The number of nitrogens with one attached hydrogen (secondary N) is 2. The summed E-state index contributed by atoms with van der Waals surface area (Å²) >= 11 is 1.29. The number of H-pyrrole nitrogens is 1. The van der Waals surface area contributed by atoms with E-state index in [4.69, 9.17) is 4.74 Å². The minimum Gasteiger partial charge on any atom is -0.485 e.